The average Bonchev–Trinajstić information content (AvgIpc) is 2.83. The SMILES string of the molecule is COC(C)Cc1ccccc1N1C=NCC1. The Hall–Kier alpha value is -1.35. The molecule has 86 valence electrons. The van der Waals surface area contributed by atoms with Gasteiger partial charge < -0.3 is 9.64 Å². The van der Waals surface area contributed by atoms with Crippen molar-refractivity contribution in [2.24, 2.45) is 4.99 Å². The van der Waals surface area contributed by atoms with E-state index in [1.54, 1.807) is 7.11 Å². The highest BCUT2D eigenvalue weighted by Gasteiger charge is 2.13. The zero-order valence-corrected chi connectivity index (χ0v) is 9.89. The van der Waals surface area contributed by atoms with Crippen LogP contribution in [-0.4, -0.2) is 32.6 Å². The fraction of sp³-hybridized carbons (Fsp3) is 0.462. The molecule has 0 saturated heterocycles. The zero-order valence-electron chi connectivity index (χ0n) is 9.89. The number of anilines is 1. The molecule has 1 aliphatic heterocycles. The van der Waals surface area contributed by atoms with E-state index in [1.807, 2.05) is 6.34 Å². The summed E-state index contributed by atoms with van der Waals surface area (Å²) < 4.78 is 5.32. The van der Waals surface area contributed by atoms with Gasteiger partial charge in [-0.05, 0) is 18.6 Å². The van der Waals surface area contributed by atoms with Crippen LogP contribution in [0.4, 0.5) is 5.69 Å². The summed E-state index contributed by atoms with van der Waals surface area (Å²) in [4.78, 5) is 6.46. The Bertz CT molecular complexity index is 376. The van der Waals surface area contributed by atoms with Crippen LogP contribution in [0.3, 0.4) is 0 Å². The van der Waals surface area contributed by atoms with Crippen molar-refractivity contribution in [2.75, 3.05) is 25.1 Å². The number of rotatable bonds is 4. The molecule has 1 aromatic rings. The second-order valence-corrected chi connectivity index (χ2v) is 4.09. The summed E-state index contributed by atoms with van der Waals surface area (Å²) in [7, 11) is 1.75. The Balaban J connectivity index is 2.19. The molecule has 0 spiro atoms. The molecular weight excluding hydrogens is 200 g/mol. The van der Waals surface area contributed by atoms with Crippen molar-refractivity contribution in [3.63, 3.8) is 0 Å². The fourth-order valence-electron chi connectivity index (χ4n) is 1.92. The molecule has 16 heavy (non-hydrogen) atoms. The van der Waals surface area contributed by atoms with E-state index in [0.29, 0.717) is 0 Å². The van der Waals surface area contributed by atoms with Crippen LogP contribution >= 0.6 is 0 Å². The Morgan fingerprint density at radius 1 is 1.44 bits per heavy atom. The molecule has 3 nitrogen and oxygen atoms in total. The third-order valence-corrected chi connectivity index (χ3v) is 2.90. The first-order valence-electron chi connectivity index (χ1n) is 5.68. The van der Waals surface area contributed by atoms with E-state index in [2.05, 4.69) is 41.1 Å². The molecule has 0 bridgehead atoms. The second kappa shape index (κ2) is 5.12. The van der Waals surface area contributed by atoms with Gasteiger partial charge in [0.1, 0.15) is 0 Å². The standard InChI is InChI=1S/C13H18N2O/c1-11(16-2)9-12-5-3-4-6-13(12)15-8-7-14-10-15/h3-6,10-11H,7-9H2,1-2H3. The van der Waals surface area contributed by atoms with E-state index in [-0.39, 0.29) is 6.10 Å². The Labute approximate surface area is 96.7 Å². The minimum atomic E-state index is 0.251. The molecule has 1 heterocycles. The van der Waals surface area contributed by atoms with Gasteiger partial charge in [-0.15, -0.1) is 0 Å². The normalized spacial score (nSPS) is 16.8. The van der Waals surface area contributed by atoms with Gasteiger partial charge in [0, 0.05) is 25.8 Å². The third kappa shape index (κ3) is 2.42. The van der Waals surface area contributed by atoms with Gasteiger partial charge in [-0.1, -0.05) is 18.2 Å². The van der Waals surface area contributed by atoms with Gasteiger partial charge in [0.15, 0.2) is 0 Å². The Kier molecular flexibility index (Phi) is 3.57. The van der Waals surface area contributed by atoms with Crippen molar-refractivity contribution in [3.05, 3.63) is 29.8 Å². The summed E-state index contributed by atoms with van der Waals surface area (Å²) in [6.07, 6.45) is 3.12. The van der Waals surface area contributed by atoms with Crippen LogP contribution in [-0.2, 0) is 11.2 Å². The van der Waals surface area contributed by atoms with E-state index in [9.17, 15) is 0 Å². The first-order valence-corrected chi connectivity index (χ1v) is 5.68. The lowest BCUT2D eigenvalue weighted by Crippen LogP contribution is -2.21. The van der Waals surface area contributed by atoms with Crippen molar-refractivity contribution in [3.8, 4) is 0 Å². The van der Waals surface area contributed by atoms with E-state index in [0.717, 1.165) is 19.5 Å². The summed E-state index contributed by atoms with van der Waals surface area (Å²) in [6, 6.07) is 8.46. The van der Waals surface area contributed by atoms with Crippen LogP contribution in [0.15, 0.2) is 29.3 Å². The minimum Gasteiger partial charge on any atom is -0.381 e. The first-order chi connectivity index (χ1) is 7.81. The van der Waals surface area contributed by atoms with Gasteiger partial charge >= 0.3 is 0 Å². The number of para-hydroxylation sites is 1. The molecule has 1 aromatic carbocycles. The van der Waals surface area contributed by atoms with Crippen molar-refractivity contribution in [1.82, 2.24) is 0 Å². The molecule has 0 aromatic heterocycles. The predicted octanol–water partition coefficient (Wildman–Crippen LogP) is 2.11. The van der Waals surface area contributed by atoms with E-state index < -0.39 is 0 Å². The van der Waals surface area contributed by atoms with Crippen LogP contribution in [0.2, 0.25) is 0 Å². The summed E-state index contributed by atoms with van der Waals surface area (Å²) in [6.45, 7) is 3.97. The number of benzene rings is 1. The molecule has 0 N–H and O–H groups in total. The molecule has 0 saturated carbocycles. The number of ether oxygens (including phenoxy) is 1. The highest BCUT2D eigenvalue weighted by atomic mass is 16.5. The number of aliphatic imine (C=N–C) groups is 1. The molecule has 2 rings (SSSR count). The lowest BCUT2D eigenvalue weighted by Gasteiger charge is -2.20. The summed E-state index contributed by atoms with van der Waals surface area (Å²) in [5.74, 6) is 0. The molecule has 0 aliphatic carbocycles. The summed E-state index contributed by atoms with van der Waals surface area (Å²) >= 11 is 0. The zero-order chi connectivity index (χ0) is 11.4. The van der Waals surface area contributed by atoms with Crippen molar-refractivity contribution in [1.29, 1.82) is 0 Å². The van der Waals surface area contributed by atoms with Crippen LogP contribution in [0.25, 0.3) is 0 Å². The van der Waals surface area contributed by atoms with Crippen molar-refractivity contribution >= 4 is 12.0 Å². The average molecular weight is 218 g/mol. The molecule has 0 fully saturated rings. The fourth-order valence-corrected chi connectivity index (χ4v) is 1.92. The van der Waals surface area contributed by atoms with Gasteiger partial charge in [0.05, 0.1) is 19.0 Å². The smallest absolute Gasteiger partial charge is 0.0895 e. The van der Waals surface area contributed by atoms with Crippen LogP contribution in [0.5, 0.6) is 0 Å². The predicted molar refractivity (Wildman–Crippen MR) is 67.3 cm³/mol. The van der Waals surface area contributed by atoms with E-state index in [4.69, 9.17) is 4.74 Å². The Morgan fingerprint density at radius 3 is 2.94 bits per heavy atom. The first kappa shape index (κ1) is 11.1. The second-order valence-electron chi connectivity index (χ2n) is 4.09. The number of hydrogen-bond donors (Lipinski definition) is 0. The largest absolute Gasteiger partial charge is 0.381 e. The van der Waals surface area contributed by atoms with Crippen LogP contribution in [0, 0.1) is 0 Å². The molecule has 3 heteroatoms. The molecule has 0 amide bonds. The lowest BCUT2D eigenvalue weighted by molar-refractivity contribution is 0.119. The highest BCUT2D eigenvalue weighted by Crippen LogP contribution is 2.22. The Morgan fingerprint density at radius 2 is 2.25 bits per heavy atom. The van der Waals surface area contributed by atoms with Crippen molar-refractivity contribution in [2.45, 2.75) is 19.4 Å². The lowest BCUT2D eigenvalue weighted by atomic mass is 10.1. The maximum atomic E-state index is 5.32. The van der Waals surface area contributed by atoms with E-state index in [1.165, 1.54) is 11.3 Å². The quantitative estimate of drug-likeness (QED) is 0.773. The number of methoxy groups -OCH3 is 1. The third-order valence-electron chi connectivity index (χ3n) is 2.90. The molecule has 1 aliphatic rings. The maximum absolute atomic E-state index is 5.32. The molecule has 1 atom stereocenters. The van der Waals surface area contributed by atoms with Crippen LogP contribution < -0.4 is 4.90 Å². The van der Waals surface area contributed by atoms with E-state index >= 15 is 0 Å². The van der Waals surface area contributed by atoms with Gasteiger partial charge in [-0.3, -0.25) is 4.99 Å². The van der Waals surface area contributed by atoms with Gasteiger partial charge in [0.2, 0.25) is 0 Å². The number of nitrogens with zero attached hydrogens (tertiary/aromatic N) is 2. The highest BCUT2D eigenvalue weighted by molar-refractivity contribution is 5.82. The van der Waals surface area contributed by atoms with Gasteiger partial charge in [-0.25, -0.2) is 0 Å². The maximum Gasteiger partial charge on any atom is 0.0895 e. The van der Waals surface area contributed by atoms with Crippen molar-refractivity contribution < 1.29 is 4.74 Å². The summed E-state index contributed by atoms with van der Waals surface area (Å²) in [5, 5.41) is 0. The molecule has 1 unspecified atom stereocenters. The number of hydrogen-bond acceptors (Lipinski definition) is 3. The minimum absolute atomic E-state index is 0.251. The molecular formula is C13H18N2O. The molecule has 0 radical (unpaired) electrons. The van der Waals surface area contributed by atoms with Gasteiger partial charge in [0.25, 0.3) is 0 Å². The summed E-state index contributed by atoms with van der Waals surface area (Å²) in [5.41, 5.74) is 2.58. The monoisotopic (exact) mass is 218 g/mol. The van der Waals surface area contributed by atoms with Gasteiger partial charge in [-0.2, -0.15) is 0 Å². The topological polar surface area (TPSA) is 24.8 Å². The van der Waals surface area contributed by atoms with Crippen LogP contribution in [0.1, 0.15) is 12.5 Å².